The fraction of sp³-hybridized carbons (Fsp3) is 0.857. The molecule has 2 heterocycles. The van der Waals surface area contributed by atoms with Crippen LogP contribution in [-0.4, -0.2) is 27.6 Å². The molecule has 0 amide bonds. The van der Waals surface area contributed by atoms with Crippen molar-refractivity contribution in [3.8, 4) is 0 Å². The zero-order chi connectivity index (χ0) is 12.4. The molecule has 100 valence electrons. The Balaban J connectivity index is 1.66. The third kappa shape index (κ3) is 2.44. The Bertz CT molecular complexity index is 388. The van der Waals surface area contributed by atoms with Crippen molar-refractivity contribution in [1.82, 2.24) is 15.0 Å². The van der Waals surface area contributed by atoms with E-state index in [9.17, 15) is 0 Å². The van der Waals surface area contributed by atoms with Crippen LogP contribution in [0.5, 0.6) is 0 Å². The van der Waals surface area contributed by atoms with Gasteiger partial charge in [0, 0.05) is 12.5 Å². The second kappa shape index (κ2) is 5.39. The summed E-state index contributed by atoms with van der Waals surface area (Å²) in [6.07, 6.45) is 9.21. The molecule has 4 heteroatoms. The molecule has 2 fully saturated rings. The van der Waals surface area contributed by atoms with Crippen LogP contribution < -0.4 is 0 Å². The van der Waals surface area contributed by atoms with Crippen LogP contribution in [0.25, 0.3) is 0 Å². The number of aryl methyl sites for hydroxylation is 1. The molecule has 0 bridgehead atoms. The minimum atomic E-state index is 0.768. The molecule has 2 aliphatic rings. The van der Waals surface area contributed by atoms with Gasteiger partial charge in [-0.05, 0) is 38.1 Å². The summed E-state index contributed by atoms with van der Waals surface area (Å²) in [6.45, 7) is 4.12. The Labute approximate surface area is 109 Å². The number of piperidine rings is 1. The van der Waals surface area contributed by atoms with Crippen molar-refractivity contribution in [2.75, 3.05) is 6.54 Å². The number of rotatable bonds is 3. The molecule has 0 N–H and O–H groups in total. The van der Waals surface area contributed by atoms with Crippen LogP contribution in [-0.2, 0) is 13.0 Å². The zero-order valence-electron chi connectivity index (χ0n) is 11.3. The fourth-order valence-corrected chi connectivity index (χ4v) is 3.60. The highest BCUT2D eigenvalue weighted by molar-refractivity contribution is 4.91. The molecule has 0 spiro atoms. The third-order valence-electron chi connectivity index (χ3n) is 4.52. The number of likely N-dealkylation sites (tertiary alicyclic amines) is 1. The van der Waals surface area contributed by atoms with Gasteiger partial charge in [-0.2, -0.15) is 4.98 Å². The second-order valence-electron chi connectivity index (χ2n) is 5.68. The van der Waals surface area contributed by atoms with E-state index in [4.69, 9.17) is 4.52 Å². The molecule has 1 aliphatic carbocycles. The van der Waals surface area contributed by atoms with Crippen LogP contribution >= 0.6 is 0 Å². The highest BCUT2D eigenvalue weighted by atomic mass is 16.5. The summed E-state index contributed by atoms with van der Waals surface area (Å²) in [4.78, 5) is 7.02. The first-order valence-corrected chi connectivity index (χ1v) is 7.42. The summed E-state index contributed by atoms with van der Waals surface area (Å²) < 4.78 is 5.34. The minimum Gasteiger partial charge on any atom is -0.338 e. The van der Waals surface area contributed by atoms with E-state index in [2.05, 4.69) is 22.0 Å². The zero-order valence-corrected chi connectivity index (χ0v) is 11.3. The van der Waals surface area contributed by atoms with Crippen LogP contribution in [0.4, 0.5) is 0 Å². The molecule has 0 radical (unpaired) electrons. The first kappa shape index (κ1) is 12.2. The highest BCUT2D eigenvalue weighted by Crippen LogP contribution is 2.35. The lowest BCUT2D eigenvalue weighted by molar-refractivity contribution is 0.0466. The summed E-state index contributed by atoms with van der Waals surface area (Å²) in [5.41, 5.74) is 0. The van der Waals surface area contributed by atoms with Gasteiger partial charge in [-0.1, -0.05) is 24.9 Å². The van der Waals surface area contributed by atoms with E-state index in [1.807, 2.05) is 0 Å². The average Bonchev–Trinajstić information content (AvgIpc) is 2.87. The molecule has 4 nitrogen and oxygen atoms in total. The van der Waals surface area contributed by atoms with E-state index in [0.29, 0.717) is 0 Å². The van der Waals surface area contributed by atoms with Crippen LogP contribution in [0.3, 0.4) is 0 Å². The topological polar surface area (TPSA) is 42.2 Å². The van der Waals surface area contributed by atoms with E-state index >= 15 is 0 Å². The summed E-state index contributed by atoms with van der Waals surface area (Å²) in [6, 6.07) is 0.768. The van der Waals surface area contributed by atoms with Crippen molar-refractivity contribution in [1.29, 1.82) is 0 Å². The van der Waals surface area contributed by atoms with Crippen LogP contribution in [0.1, 0.15) is 57.2 Å². The number of fused-ring (bicyclic) bond motifs is 1. The van der Waals surface area contributed by atoms with E-state index in [1.54, 1.807) is 0 Å². The van der Waals surface area contributed by atoms with Gasteiger partial charge in [0.05, 0.1) is 6.54 Å². The Morgan fingerprint density at radius 1 is 1.22 bits per heavy atom. The summed E-state index contributed by atoms with van der Waals surface area (Å²) in [7, 11) is 0. The molecule has 3 rings (SSSR count). The quantitative estimate of drug-likeness (QED) is 0.826. The number of nitrogens with zero attached hydrogens (tertiary/aromatic N) is 3. The minimum absolute atomic E-state index is 0.768. The largest absolute Gasteiger partial charge is 0.338 e. The third-order valence-corrected chi connectivity index (χ3v) is 4.52. The predicted octanol–water partition coefficient (Wildman–Crippen LogP) is 2.79. The molecular formula is C14H23N3O. The van der Waals surface area contributed by atoms with Crippen molar-refractivity contribution in [3.63, 3.8) is 0 Å². The normalized spacial score (nSPS) is 29.2. The summed E-state index contributed by atoms with van der Waals surface area (Å²) in [5.74, 6) is 2.56. The molecule has 0 aromatic carbocycles. The first-order chi connectivity index (χ1) is 8.86. The van der Waals surface area contributed by atoms with E-state index < -0.39 is 0 Å². The smallest absolute Gasteiger partial charge is 0.240 e. The average molecular weight is 249 g/mol. The lowest BCUT2D eigenvalue weighted by atomic mass is 9.78. The molecule has 18 heavy (non-hydrogen) atoms. The van der Waals surface area contributed by atoms with Crippen LogP contribution in [0, 0.1) is 5.92 Å². The maximum atomic E-state index is 5.34. The molecule has 1 aromatic rings. The maximum absolute atomic E-state index is 5.34. The number of aromatic nitrogens is 2. The Morgan fingerprint density at radius 2 is 2.06 bits per heavy atom. The van der Waals surface area contributed by atoms with E-state index in [-0.39, 0.29) is 0 Å². The maximum Gasteiger partial charge on any atom is 0.240 e. The van der Waals surface area contributed by atoms with Gasteiger partial charge in [0.15, 0.2) is 5.82 Å². The van der Waals surface area contributed by atoms with Crippen LogP contribution in [0.15, 0.2) is 4.52 Å². The summed E-state index contributed by atoms with van der Waals surface area (Å²) >= 11 is 0. The molecular weight excluding hydrogens is 226 g/mol. The van der Waals surface area contributed by atoms with Gasteiger partial charge >= 0.3 is 0 Å². The lowest BCUT2D eigenvalue weighted by Gasteiger charge is -2.43. The number of hydrogen-bond acceptors (Lipinski definition) is 4. The summed E-state index contributed by atoms with van der Waals surface area (Å²) in [5, 5.41) is 3.99. The van der Waals surface area contributed by atoms with Crippen molar-refractivity contribution in [2.24, 2.45) is 5.92 Å². The number of hydrogen-bond donors (Lipinski definition) is 0. The van der Waals surface area contributed by atoms with Gasteiger partial charge in [-0.3, -0.25) is 4.90 Å². The van der Waals surface area contributed by atoms with Crippen LogP contribution in [0.2, 0.25) is 0 Å². The van der Waals surface area contributed by atoms with Crippen molar-refractivity contribution in [3.05, 3.63) is 11.7 Å². The predicted molar refractivity (Wildman–Crippen MR) is 69.1 cm³/mol. The standard InChI is InChI=1S/C14H23N3O/c1-2-13-15-14(18-16-13)10-17-9-5-7-11-6-3-4-8-12(11)17/h11-12H,2-10H2,1H3/t11-,12+/m1/s1. The highest BCUT2D eigenvalue weighted by Gasteiger charge is 2.33. The van der Waals surface area contributed by atoms with Gasteiger partial charge < -0.3 is 4.52 Å². The van der Waals surface area contributed by atoms with Gasteiger partial charge in [-0.15, -0.1) is 0 Å². The van der Waals surface area contributed by atoms with Gasteiger partial charge in [0.25, 0.3) is 0 Å². The first-order valence-electron chi connectivity index (χ1n) is 7.42. The molecule has 1 aliphatic heterocycles. The fourth-order valence-electron chi connectivity index (χ4n) is 3.60. The Hall–Kier alpha value is -0.900. The van der Waals surface area contributed by atoms with Gasteiger partial charge in [-0.25, -0.2) is 0 Å². The van der Waals surface area contributed by atoms with Crippen molar-refractivity contribution in [2.45, 2.75) is 64.5 Å². The SMILES string of the molecule is CCc1noc(CN2CCC[C@H]3CCCC[C@@H]32)n1. The molecule has 1 saturated carbocycles. The monoisotopic (exact) mass is 249 g/mol. The second-order valence-corrected chi connectivity index (χ2v) is 5.68. The Morgan fingerprint density at radius 3 is 2.89 bits per heavy atom. The van der Waals surface area contributed by atoms with Crippen molar-refractivity contribution >= 4 is 0 Å². The van der Waals surface area contributed by atoms with Gasteiger partial charge in [0.1, 0.15) is 0 Å². The molecule has 1 saturated heterocycles. The molecule has 2 atom stereocenters. The van der Waals surface area contributed by atoms with Crippen molar-refractivity contribution < 1.29 is 4.52 Å². The van der Waals surface area contributed by atoms with E-state index in [0.717, 1.165) is 36.6 Å². The Kier molecular flexibility index (Phi) is 3.64. The lowest BCUT2D eigenvalue weighted by Crippen LogP contribution is -2.46. The molecule has 1 aromatic heterocycles. The molecule has 0 unspecified atom stereocenters. The van der Waals surface area contributed by atoms with Gasteiger partial charge in [0.2, 0.25) is 5.89 Å². The van der Waals surface area contributed by atoms with E-state index in [1.165, 1.54) is 45.1 Å².